The Morgan fingerprint density at radius 2 is 2.15 bits per heavy atom. The van der Waals surface area contributed by atoms with Crippen LogP contribution in [0.25, 0.3) is 0 Å². The summed E-state index contributed by atoms with van der Waals surface area (Å²) >= 11 is 0. The van der Waals surface area contributed by atoms with Crippen molar-refractivity contribution in [3.63, 3.8) is 0 Å². The minimum absolute atomic E-state index is 0.0586. The van der Waals surface area contributed by atoms with Gasteiger partial charge in [-0.05, 0) is 39.0 Å². The molecule has 0 aromatic carbocycles. The summed E-state index contributed by atoms with van der Waals surface area (Å²) in [5.41, 5.74) is 1.15. The van der Waals surface area contributed by atoms with Crippen LogP contribution in [0, 0.1) is 6.92 Å². The average Bonchev–Trinajstić information content (AvgIpc) is 2.86. The lowest BCUT2D eigenvalue weighted by Gasteiger charge is -2.40. The highest BCUT2D eigenvalue weighted by molar-refractivity contribution is 5.29. The minimum atomic E-state index is 0.0586. The van der Waals surface area contributed by atoms with Gasteiger partial charge in [-0.1, -0.05) is 20.8 Å². The molecule has 1 N–H and O–H groups in total. The van der Waals surface area contributed by atoms with Crippen LogP contribution in [0.2, 0.25) is 0 Å². The van der Waals surface area contributed by atoms with Crippen molar-refractivity contribution in [2.24, 2.45) is 0 Å². The lowest BCUT2D eigenvalue weighted by atomic mass is 9.86. The second-order valence-electron chi connectivity index (χ2n) is 5.93. The van der Waals surface area contributed by atoms with E-state index in [0.717, 1.165) is 56.9 Å². The van der Waals surface area contributed by atoms with Gasteiger partial charge in [0.05, 0.1) is 11.3 Å². The van der Waals surface area contributed by atoms with Crippen LogP contribution < -0.4 is 5.32 Å². The van der Waals surface area contributed by atoms with Gasteiger partial charge in [-0.25, -0.2) is 4.98 Å². The van der Waals surface area contributed by atoms with E-state index in [9.17, 15) is 0 Å². The molecular weight excluding hydrogens is 250 g/mol. The van der Waals surface area contributed by atoms with E-state index in [0.29, 0.717) is 6.04 Å². The molecule has 1 aromatic rings. The first-order valence-corrected chi connectivity index (χ1v) is 8.07. The Kier molecular flexibility index (Phi) is 5.08. The Morgan fingerprint density at radius 3 is 2.80 bits per heavy atom. The monoisotopic (exact) mass is 279 g/mol. The molecule has 0 saturated carbocycles. The first-order chi connectivity index (χ1) is 9.64. The maximum Gasteiger partial charge on any atom is 0.203 e. The molecule has 2 heterocycles. The molecule has 1 aliphatic heterocycles. The molecule has 0 bridgehead atoms. The van der Waals surface area contributed by atoms with Gasteiger partial charge in [0.25, 0.3) is 0 Å². The smallest absolute Gasteiger partial charge is 0.203 e. The predicted octanol–water partition coefficient (Wildman–Crippen LogP) is 3.92. The van der Waals surface area contributed by atoms with Crippen molar-refractivity contribution in [2.45, 2.75) is 71.4 Å². The van der Waals surface area contributed by atoms with Crippen molar-refractivity contribution in [1.82, 2.24) is 9.55 Å². The lowest BCUT2D eigenvalue weighted by Crippen LogP contribution is -2.39. The summed E-state index contributed by atoms with van der Waals surface area (Å²) in [6, 6.07) is 0.504. The van der Waals surface area contributed by atoms with Crippen molar-refractivity contribution >= 4 is 5.95 Å². The third kappa shape index (κ3) is 3.17. The molecule has 0 radical (unpaired) electrons. The first-order valence-electron chi connectivity index (χ1n) is 8.07. The molecule has 20 heavy (non-hydrogen) atoms. The zero-order valence-corrected chi connectivity index (χ0v) is 13.4. The van der Waals surface area contributed by atoms with E-state index in [2.05, 4.69) is 48.8 Å². The molecule has 1 saturated heterocycles. The van der Waals surface area contributed by atoms with Gasteiger partial charge in [-0.3, -0.25) is 0 Å². The van der Waals surface area contributed by atoms with Crippen LogP contribution in [-0.2, 0) is 4.74 Å². The number of hydrogen-bond donors (Lipinski definition) is 1. The normalized spacial score (nSPS) is 21.9. The van der Waals surface area contributed by atoms with E-state index in [1.807, 2.05) is 0 Å². The second-order valence-corrected chi connectivity index (χ2v) is 5.93. The molecule has 0 aliphatic carbocycles. The van der Waals surface area contributed by atoms with E-state index in [-0.39, 0.29) is 5.60 Å². The minimum Gasteiger partial charge on any atom is -0.375 e. The number of aromatic nitrogens is 2. The summed E-state index contributed by atoms with van der Waals surface area (Å²) in [5.74, 6) is 1.03. The molecule has 1 unspecified atom stereocenters. The van der Waals surface area contributed by atoms with Crippen LogP contribution in [-0.4, -0.2) is 28.3 Å². The predicted molar refractivity (Wildman–Crippen MR) is 83.3 cm³/mol. The van der Waals surface area contributed by atoms with E-state index in [1.54, 1.807) is 0 Å². The van der Waals surface area contributed by atoms with Gasteiger partial charge in [-0.15, -0.1) is 0 Å². The molecule has 114 valence electrons. The maximum atomic E-state index is 6.09. The molecule has 1 atom stereocenters. The Bertz CT molecular complexity index is 423. The van der Waals surface area contributed by atoms with Crippen LogP contribution in [0.15, 0.2) is 6.20 Å². The van der Waals surface area contributed by atoms with Gasteiger partial charge in [0.2, 0.25) is 5.95 Å². The van der Waals surface area contributed by atoms with E-state index < -0.39 is 0 Å². The number of nitrogens with one attached hydrogen (secondary N) is 1. The van der Waals surface area contributed by atoms with Crippen LogP contribution >= 0.6 is 0 Å². The fourth-order valence-corrected chi connectivity index (χ4v) is 3.14. The molecule has 1 fully saturated rings. The summed E-state index contributed by atoms with van der Waals surface area (Å²) in [4.78, 5) is 4.63. The van der Waals surface area contributed by atoms with Crippen molar-refractivity contribution in [1.29, 1.82) is 0 Å². The highest BCUT2D eigenvalue weighted by Gasteiger charge is 2.35. The van der Waals surface area contributed by atoms with Gasteiger partial charge in [0.1, 0.15) is 0 Å². The highest BCUT2D eigenvalue weighted by Crippen LogP contribution is 2.38. The largest absolute Gasteiger partial charge is 0.375 e. The van der Waals surface area contributed by atoms with Crippen molar-refractivity contribution in [3.05, 3.63) is 11.9 Å². The molecule has 4 nitrogen and oxygen atoms in total. The standard InChI is InChI=1S/C16H29N3O/c1-5-9-17-15-18-13(4)12-19(15)14-8-10-20-16(6-2,7-3)11-14/h12,14H,5-11H2,1-4H3,(H,17,18). The quantitative estimate of drug-likeness (QED) is 0.857. The number of anilines is 1. The molecule has 1 aliphatic rings. The third-order valence-corrected chi connectivity index (χ3v) is 4.53. The Labute approximate surface area is 122 Å². The molecule has 4 heteroatoms. The second kappa shape index (κ2) is 6.61. The highest BCUT2D eigenvalue weighted by atomic mass is 16.5. The number of nitrogens with zero attached hydrogens (tertiary/aromatic N) is 2. The molecule has 0 spiro atoms. The summed E-state index contributed by atoms with van der Waals surface area (Å²) < 4.78 is 8.43. The fourth-order valence-electron chi connectivity index (χ4n) is 3.14. The van der Waals surface area contributed by atoms with Crippen LogP contribution in [0.5, 0.6) is 0 Å². The summed E-state index contributed by atoms with van der Waals surface area (Å²) in [5, 5.41) is 3.46. The van der Waals surface area contributed by atoms with E-state index in [1.165, 1.54) is 0 Å². The fraction of sp³-hybridized carbons (Fsp3) is 0.812. The maximum absolute atomic E-state index is 6.09. The van der Waals surface area contributed by atoms with E-state index in [4.69, 9.17) is 4.74 Å². The molecule has 2 rings (SSSR count). The zero-order valence-electron chi connectivity index (χ0n) is 13.4. The SMILES string of the molecule is CCCNc1nc(C)cn1C1CCOC(CC)(CC)C1. The molecule has 0 amide bonds. The Morgan fingerprint density at radius 1 is 1.40 bits per heavy atom. The molecular formula is C16H29N3O. The van der Waals surface area contributed by atoms with Crippen LogP contribution in [0.4, 0.5) is 5.95 Å². The van der Waals surface area contributed by atoms with Crippen LogP contribution in [0.3, 0.4) is 0 Å². The lowest BCUT2D eigenvalue weighted by molar-refractivity contribution is -0.0984. The number of imidazole rings is 1. The van der Waals surface area contributed by atoms with Gasteiger partial charge < -0.3 is 14.6 Å². The topological polar surface area (TPSA) is 39.1 Å². The number of rotatable bonds is 6. The van der Waals surface area contributed by atoms with Gasteiger partial charge in [-0.2, -0.15) is 0 Å². The van der Waals surface area contributed by atoms with Crippen molar-refractivity contribution in [2.75, 3.05) is 18.5 Å². The van der Waals surface area contributed by atoms with Gasteiger partial charge >= 0.3 is 0 Å². The van der Waals surface area contributed by atoms with Crippen molar-refractivity contribution < 1.29 is 4.74 Å². The van der Waals surface area contributed by atoms with Crippen LogP contribution in [0.1, 0.15) is 64.6 Å². The van der Waals surface area contributed by atoms with Gasteiger partial charge in [0, 0.05) is 25.4 Å². The Hall–Kier alpha value is -1.03. The van der Waals surface area contributed by atoms with E-state index >= 15 is 0 Å². The molecule has 1 aromatic heterocycles. The number of hydrogen-bond acceptors (Lipinski definition) is 3. The van der Waals surface area contributed by atoms with Crippen molar-refractivity contribution in [3.8, 4) is 0 Å². The summed E-state index contributed by atoms with van der Waals surface area (Å²) in [6.07, 6.45) is 7.66. The Balaban J connectivity index is 2.18. The number of aryl methyl sites for hydroxylation is 1. The zero-order chi connectivity index (χ0) is 14.6. The summed E-state index contributed by atoms with van der Waals surface area (Å²) in [7, 11) is 0. The third-order valence-electron chi connectivity index (χ3n) is 4.53. The first kappa shape index (κ1) is 15.4. The number of ether oxygens (including phenoxy) is 1. The summed E-state index contributed by atoms with van der Waals surface area (Å²) in [6.45, 7) is 10.6. The average molecular weight is 279 g/mol. The van der Waals surface area contributed by atoms with Gasteiger partial charge in [0.15, 0.2) is 0 Å².